The lowest BCUT2D eigenvalue weighted by Crippen LogP contribution is -2.36. The van der Waals surface area contributed by atoms with E-state index in [0.717, 1.165) is 35.1 Å². The summed E-state index contributed by atoms with van der Waals surface area (Å²) in [5.41, 5.74) is 2.82. The molecule has 0 unspecified atom stereocenters. The van der Waals surface area contributed by atoms with Crippen LogP contribution >= 0.6 is 24.0 Å². The number of nitrogens with zero attached hydrogens (tertiary/aromatic N) is 2. The molecule has 0 saturated carbocycles. The van der Waals surface area contributed by atoms with Crippen LogP contribution in [0.2, 0.25) is 0 Å². The number of hydrogen-bond acceptors (Lipinski definition) is 3. The average Bonchev–Trinajstić information content (AvgIpc) is 2.76. The fourth-order valence-electron chi connectivity index (χ4n) is 2.67. The molecule has 0 spiro atoms. The fraction of sp³-hybridized carbons (Fsp3) is 0.217. The van der Waals surface area contributed by atoms with Crippen LogP contribution in [0.3, 0.4) is 0 Å². The minimum atomic E-state index is -0.257. The molecule has 30 heavy (non-hydrogen) atoms. The highest BCUT2D eigenvalue weighted by atomic mass is 127. The highest BCUT2D eigenvalue weighted by Gasteiger charge is 2.01. The molecule has 0 aliphatic carbocycles. The number of aliphatic imine (C=N–C) groups is 1. The van der Waals surface area contributed by atoms with E-state index in [1.54, 1.807) is 12.3 Å². The van der Waals surface area contributed by atoms with Gasteiger partial charge in [0.05, 0.1) is 18.8 Å². The number of pyridine rings is 1. The first-order valence-corrected chi connectivity index (χ1v) is 9.61. The van der Waals surface area contributed by atoms with E-state index < -0.39 is 0 Å². The zero-order valence-corrected chi connectivity index (χ0v) is 19.2. The Kier molecular flexibility index (Phi) is 10.1. The van der Waals surface area contributed by atoms with Crippen molar-refractivity contribution in [3.63, 3.8) is 0 Å². The third kappa shape index (κ3) is 7.98. The van der Waals surface area contributed by atoms with Gasteiger partial charge in [0, 0.05) is 12.7 Å². The molecule has 1 aromatic heterocycles. The van der Waals surface area contributed by atoms with E-state index >= 15 is 0 Å². The monoisotopic (exact) mass is 520 g/mol. The standard InChI is InChI=1S/C23H25FN4O.HI/c1-2-25-23(28-16-21-8-3-4-13-26-21)27-15-18-9-11-22(12-10-18)29-17-19-6-5-7-20(24)14-19;/h3-14H,2,15-17H2,1H3,(H2,25,27,28);1H. The SMILES string of the molecule is CCNC(=NCc1ccc(OCc2cccc(F)c2)cc1)NCc1ccccn1.I. The summed E-state index contributed by atoms with van der Waals surface area (Å²) in [6.07, 6.45) is 1.78. The lowest BCUT2D eigenvalue weighted by molar-refractivity contribution is 0.305. The first-order valence-electron chi connectivity index (χ1n) is 9.61. The Labute approximate surface area is 193 Å². The van der Waals surface area contributed by atoms with E-state index in [1.165, 1.54) is 12.1 Å². The summed E-state index contributed by atoms with van der Waals surface area (Å²) in [6, 6.07) is 20.0. The maximum atomic E-state index is 13.2. The van der Waals surface area contributed by atoms with Crippen molar-refractivity contribution < 1.29 is 9.13 Å². The van der Waals surface area contributed by atoms with Crippen LogP contribution in [0.15, 0.2) is 77.9 Å². The number of nitrogens with one attached hydrogen (secondary N) is 2. The van der Waals surface area contributed by atoms with Crippen molar-refractivity contribution in [1.82, 2.24) is 15.6 Å². The highest BCUT2D eigenvalue weighted by Crippen LogP contribution is 2.15. The van der Waals surface area contributed by atoms with Gasteiger partial charge in [-0.1, -0.05) is 30.3 Å². The van der Waals surface area contributed by atoms with Crippen LogP contribution in [-0.2, 0) is 19.7 Å². The van der Waals surface area contributed by atoms with Crippen molar-refractivity contribution >= 4 is 29.9 Å². The topological polar surface area (TPSA) is 58.5 Å². The van der Waals surface area contributed by atoms with Crippen molar-refractivity contribution in [2.24, 2.45) is 4.99 Å². The Hall–Kier alpha value is -2.68. The number of hydrogen-bond donors (Lipinski definition) is 2. The van der Waals surface area contributed by atoms with Crippen LogP contribution in [-0.4, -0.2) is 17.5 Å². The molecule has 0 fully saturated rings. The second kappa shape index (κ2) is 12.8. The van der Waals surface area contributed by atoms with Crippen LogP contribution in [0, 0.1) is 5.82 Å². The van der Waals surface area contributed by atoms with Gasteiger partial charge in [0.1, 0.15) is 18.2 Å². The quantitative estimate of drug-likeness (QED) is 0.258. The summed E-state index contributed by atoms with van der Waals surface area (Å²) in [7, 11) is 0. The fourth-order valence-corrected chi connectivity index (χ4v) is 2.67. The van der Waals surface area contributed by atoms with Gasteiger partial charge in [0.15, 0.2) is 5.96 Å². The molecule has 0 radical (unpaired) electrons. The van der Waals surface area contributed by atoms with Gasteiger partial charge in [-0.05, 0) is 54.4 Å². The molecular formula is C23H26FIN4O. The van der Waals surface area contributed by atoms with Gasteiger partial charge in [-0.3, -0.25) is 4.98 Å². The molecule has 7 heteroatoms. The molecule has 1 heterocycles. The van der Waals surface area contributed by atoms with E-state index in [-0.39, 0.29) is 29.8 Å². The Morgan fingerprint density at radius 3 is 2.53 bits per heavy atom. The molecule has 2 aromatic carbocycles. The van der Waals surface area contributed by atoms with E-state index in [2.05, 4.69) is 20.6 Å². The second-order valence-electron chi connectivity index (χ2n) is 6.43. The lowest BCUT2D eigenvalue weighted by atomic mass is 10.2. The van der Waals surface area contributed by atoms with E-state index in [1.807, 2.05) is 55.5 Å². The number of halogens is 2. The number of guanidine groups is 1. The molecule has 158 valence electrons. The molecule has 0 aliphatic rings. The Balaban J connectivity index is 0.00000320. The van der Waals surface area contributed by atoms with E-state index in [4.69, 9.17) is 4.74 Å². The van der Waals surface area contributed by atoms with Gasteiger partial charge in [0.25, 0.3) is 0 Å². The van der Waals surface area contributed by atoms with Gasteiger partial charge in [-0.2, -0.15) is 0 Å². The first-order chi connectivity index (χ1) is 14.2. The van der Waals surface area contributed by atoms with Crippen molar-refractivity contribution in [1.29, 1.82) is 0 Å². The van der Waals surface area contributed by atoms with Gasteiger partial charge >= 0.3 is 0 Å². The molecule has 3 aromatic rings. The number of rotatable bonds is 8. The molecule has 3 rings (SSSR count). The zero-order valence-electron chi connectivity index (χ0n) is 16.8. The summed E-state index contributed by atoms with van der Waals surface area (Å²) >= 11 is 0. The molecule has 2 N–H and O–H groups in total. The predicted molar refractivity (Wildman–Crippen MR) is 128 cm³/mol. The van der Waals surface area contributed by atoms with Crippen LogP contribution in [0.25, 0.3) is 0 Å². The van der Waals surface area contributed by atoms with Gasteiger partial charge < -0.3 is 15.4 Å². The van der Waals surface area contributed by atoms with Crippen LogP contribution in [0.5, 0.6) is 5.75 Å². The summed E-state index contributed by atoms with van der Waals surface area (Å²) < 4.78 is 18.9. The minimum Gasteiger partial charge on any atom is -0.489 e. The third-order valence-electron chi connectivity index (χ3n) is 4.14. The largest absolute Gasteiger partial charge is 0.489 e. The summed E-state index contributed by atoms with van der Waals surface area (Å²) in [4.78, 5) is 8.92. The highest BCUT2D eigenvalue weighted by molar-refractivity contribution is 14.0. The number of ether oxygens (including phenoxy) is 1. The molecule has 0 aliphatic heterocycles. The normalized spacial score (nSPS) is 10.8. The van der Waals surface area contributed by atoms with Gasteiger partial charge in [-0.15, -0.1) is 24.0 Å². The molecule has 5 nitrogen and oxygen atoms in total. The maximum absolute atomic E-state index is 13.2. The summed E-state index contributed by atoms with van der Waals surface area (Å²) in [6.45, 7) is 4.29. The number of aromatic nitrogens is 1. The van der Waals surface area contributed by atoms with Crippen molar-refractivity contribution in [3.05, 3.63) is 95.6 Å². The first kappa shape index (κ1) is 23.6. The van der Waals surface area contributed by atoms with Crippen LogP contribution in [0.1, 0.15) is 23.7 Å². The van der Waals surface area contributed by atoms with Crippen LogP contribution in [0.4, 0.5) is 4.39 Å². The molecule has 0 bridgehead atoms. The van der Waals surface area contributed by atoms with Gasteiger partial charge in [-0.25, -0.2) is 9.38 Å². The van der Waals surface area contributed by atoms with E-state index in [9.17, 15) is 4.39 Å². The van der Waals surface area contributed by atoms with E-state index in [0.29, 0.717) is 19.7 Å². The maximum Gasteiger partial charge on any atom is 0.191 e. The molecule has 0 amide bonds. The minimum absolute atomic E-state index is 0. The Morgan fingerprint density at radius 2 is 1.83 bits per heavy atom. The molecule has 0 saturated heterocycles. The molecular weight excluding hydrogens is 494 g/mol. The third-order valence-corrected chi connectivity index (χ3v) is 4.14. The smallest absolute Gasteiger partial charge is 0.191 e. The average molecular weight is 520 g/mol. The Bertz CT molecular complexity index is 920. The molecule has 0 atom stereocenters. The second-order valence-corrected chi connectivity index (χ2v) is 6.43. The summed E-state index contributed by atoms with van der Waals surface area (Å²) in [5.74, 6) is 1.22. The van der Waals surface area contributed by atoms with Crippen LogP contribution < -0.4 is 15.4 Å². The zero-order chi connectivity index (χ0) is 20.3. The summed E-state index contributed by atoms with van der Waals surface area (Å²) in [5, 5.41) is 6.52. The van der Waals surface area contributed by atoms with Crippen molar-refractivity contribution in [2.75, 3.05) is 6.54 Å². The predicted octanol–water partition coefficient (Wildman–Crippen LogP) is 4.67. The lowest BCUT2D eigenvalue weighted by Gasteiger charge is -2.11. The van der Waals surface area contributed by atoms with Crippen molar-refractivity contribution in [3.8, 4) is 5.75 Å². The Morgan fingerprint density at radius 1 is 1.00 bits per heavy atom. The van der Waals surface area contributed by atoms with Crippen molar-refractivity contribution in [2.45, 2.75) is 26.6 Å². The number of benzene rings is 2. The van der Waals surface area contributed by atoms with Gasteiger partial charge in [0.2, 0.25) is 0 Å².